The van der Waals surface area contributed by atoms with Crippen LogP contribution in [0, 0.1) is 0 Å². The van der Waals surface area contributed by atoms with Crippen LogP contribution in [0.15, 0.2) is 35.1 Å². The Labute approximate surface area is 87.3 Å². The summed E-state index contributed by atoms with van der Waals surface area (Å²) >= 11 is 0. The number of H-pyrrole nitrogens is 1. The molecule has 74 valence electrons. The molecule has 1 aliphatic carbocycles. The van der Waals surface area contributed by atoms with E-state index >= 15 is 0 Å². The molecule has 0 radical (unpaired) electrons. The zero-order chi connectivity index (χ0) is 10.3. The summed E-state index contributed by atoms with van der Waals surface area (Å²) in [5, 5.41) is 0.798. The van der Waals surface area contributed by atoms with Gasteiger partial charge in [-0.25, -0.2) is 0 Å². The first-order valence-electron chi connectivity index (χ1n) is 5.17. The fourth-order valence-electron chi connectivity index (χ4n) is 2.11. The van der Waals surface area contributed by atoms with E-state index in [1.165, 1.54) is 0 Å². The molecule has 1 aliphatic rings. The Bertz CT molecular complexity index is 607. The van der Waals surface area contributed by atoms with Gasteiger partial charge in [0.1, 0.15) is 0 Å². The lowest BCUT2D eigenvalue weighted by Gasteiger charge is -2.10. The molecule has 0 unspecified atom stereocenters. The maximum Gasteiger partial charge on any atom is 0.193 e. The van der Waals surface area contributed by atoms with Gasteiger partial charge in [-0.05, 0) is 31.1 Å². The Kier molecular flexibility index (Phi) is 1.75. The third-order valence-electron chi connectivity index (χ3n) is 2.89. The predicted molar refractivity (Wildman–Crippen MR) is 61.9 cm³/mol. The Balaban J connectivity index is 2.48. The third kappa shape index (κ3) is 1.22. The molecule has 15 heavy (non-hydrogen) atoms. The van der Waals surface area contributed by atoms with E-state index in [2.05, 4.69) is 11.1 Å². The number of hydrogen-bond donors (Lipinski definition) is 1. The van der Waals surface area contributed by atoms with Crippen LogP contribution in [0.25, 0.3) is 17.0 Å². The number of aromatic nitrogens is 1. The van der Waals surface area contributed by atoms with Crippen molar-refractivity contribution in [3.8, 4) is 0 Å². The highest BCUT2D eigenvalue weighted by atomic mass is 16.1. The lowest BCUT2D eigenvalue weighted by Crippen LogP contribution is -2.14. The highest BCUT2D eigenvalue weighted by Crippen LogP contribution is 2.17. The van der Waals surface area contributed by atoms with Crippen molar-refractivity contribution in [3.63, 3.8) is 0 Å². The molecule has 1 N–H and O–H groups in total. The normalized spacial score (nSPS) is 14.1. The Morgan fingerprint density at radius 1 is 1.20 bits per heavy atom. The van der Waals surface area contributed by atoms with Gasteiger partial charge in [0.2, 0.25) is 0 Å². The summed E-state index contributed by atoms with van der Waals surface area (Å²) in [5.74, 6) is 0. The monoisotopic (exact) mass is 197 g/mol. The maximum atomic E-state index is 12.1. The Hall–Kier alpha value is -1.83. The molecule has 0 amide bonds. The molecule has 0 spiro atoms. The molecule has 0 atom stereocenters. The SMILES string of the molecule is O=c1c2c([nH]c3ccccc13)C=CCC2. The topological polar surface area (TPSA) is 32.9 Å². The number of fused-ring (bicyclic) bond motifs is 2. The third-order valence-corrected chi connectivity index (χ3v) is 2.89. The minimum absolute atomic E-state index is 0.184. The molecule has 0 saturated carbocycles. The Morgan fingerprint density at radius 3 is 3.00 bits per heavy atom. The van der Waals surface area contributed by atoms with Crippen molar-refractivity contribution >= 4 is 17.0 Å². The largest absolute Gasteiger partial charge is 0.355 e. The van der Waals surface area contributed by atoms with Crippen LogP contribution in [0.4, 0.5) is 0 Å². The summed E-state index contributed by atoms with van der Waals surface area (Å²) in [4.78, 5) is 15.4. The summed E-state index contributed by atoms with van der Waals surface area (Å²) in [6.45, 7) is 0. The van der Waals surface area contributed by atoms with E-state index in [9.17, 15) is 4.79 Å². The molecular formula is C13H11NO. The van der Waals surface area contributed by atoms with Gasteiger partial charge < -0.3 is 4.98 Å². The number of nitrogens with one attached hydrogen (secondary N) is 1. The van der Waals surface area contributed by atoms with Gasteiger partial charge in [-0.15, -0.1) is 0 Å². The number of allylic oxidation sites excluding steroid dienone is 1. The van der Waals surface area contributed by atoms with Gasteiger partial charge in [0.05, 0.1) is 0 Å². The van der Waals surface area contributed by atoms with Crippen LogP contribution in [-0.2, 0) is 6.42 Å². The minimum Gasteiger partial charge on any atom is -0.355 e. The van der Waals surface area contributed by atoms with Gasteiger partial charge in [0.15, 0.2) is 5.43 Å². The van der Waals surface area contributed by atoms with Crippen molar-refractivity contribution in [2.24, 2.45) is 0 Å². The van der Waals surface area contributed by atoms with Crippen LogP contribution in [0.5, 0.6) is 0 Å². The minimum atomic E-state index is 0.184. The van der Waals surface area contributed by atoms with Gasteiger partial charge in [-0.3, -0.25) is 4.79 Å². The van der Waals surface area contributed by atoms with E-state index in [1.54, 1.807) is 0 Å². The molecule has 0 saturated heterocycles. The van der Waals surface area contributed by atoms with Crippen molar-refractivity contribution in [3.05, 3.63) is 51.8 Å². The maximum absolute atomic E-state index is 12.1. The highest BCUT2D eigenvalue weighted by Gasteiger charge is 2.11. The summed E-state index contributed by atoms with van der Waals surface area (Å²) in [7, 11) is 0. The second-order valence-corrected chi connectivity index (χ2v) is 3.83. The standard InChI is InChI=1S/C13H11NO/c15-13-9-5-1-3-7-11(9)14-12-8-4-2-6-10(12)13/h1,3-5,7-8H,2,6H2,(H,14,15). The van der Waals surface area contributed by atoms with Crippen molar-refractivity contribution < 1.29 is 0 Å². The zero-order valence-electron chi connectivity index (χ0n) is 8.29. The van der Waals surface area contributed by atoms with Crippen molar-refractivity contribution in [1.82, 2.24) is 4.98 Å². The quantitative estimate of drug-likeness (QED) is 0.691. The van der Waals surface area contributed by atoms with E-state index in [0.29, 0.717) is 0 Å². The molecule has 1 aromatic carbocycles. The van der Waals surface area contributed by atoms with Gasteiger partial charge in [-0.2, -0.15) is 0 Å². The number of hydrogen-bond acceptors (Lipinski definition) is 1. The van der Waals surface area contributed by atoms with E-state index in [0.717, 1.165) is 35.0 Å². The second-order valence-electron chi connectivity index (χ2n) is 3.83. The molecule has 0 fully saturated rings. The lowest BCUT2D eigenvalue weighted by molar-refractivity contribution is 0.961. The summed E-state index contributed by atoms with van der Waals surface area (Å²) in [5.41, 5.74) is 3.01. The smallest absolute Gasteiger partial charge is 0.193 e. The van der Waals surface area contributed by atoms with Crippen LogP contribution in [0.2, 0.25) is 0 Å². The molecule has 2 nitrogen and oxygen atoms in total. The first kappa shape index (κ1) is 8.48. The number of pyridine rings is 1. The molecule has 2 heteroatoms. The van der Waals surface area contributed by atoms with E-state index in [4.69, 9.17) is 0 Å². The second kappa shape index (κ2) is 3.09. The van der Waals surface area contributed by atoms with Gasteiger partial charge >= 0.3 is 0 Å². The highest BCUT2D eigenvalue weighted by molar-refractivity contribution is 5.81. The average molecular weight is 197 g/mol. The zero-order valence-corrected chi connectivity index (χ0v) is 8.29. The van der Waals surface area contributed by atoms with Crippen LogP contribution >= 0.6 is 0 Å². The van der Waals surface area contributed by atoms with Crippen LogP contribution in [-0.4, -0.2) is 4.98 Å². The Morgan fingerprint density at radius 2 is 2.07 bits per heavy atom. The summed E-state index contributed by atoms with van der Waals surface area (Å²) in [6.07, 6.45) is 5.93. The number of benzene rings is 1. The fraction of sp³-hybridized carbons (Fsp3) is 0.154. The molecule has 3 rings (SSSR count). The first-order valence-corrected chi connectivity index (χ1v) is 5.17. The average Bonchev–Trinajstić information content (AvgIpc) is 2.30. The number of rotatable bonds is 0. The van der Waals surface area contributed by atoms with Crippen LogP contribution in [0.1, 0.15) is 17.7 Å². The number of aromatic amines is 1. The lowest BCUT2D eigenvalue weighted by atomic mass is 9.99. The van der Waals surface area contributed by atoms with E-state index in [1.807, 2.05) is 30.3 Å². The molecule has 0 bridgehead atoms. The van der Waals surface area contributed by atoms with Crippen molar-refractivity contribution in [2.75, 3.05) is 0 Å². The summed E-state index contributed by atoms with van der Waals surface area (Å²) in [6, 6.07) is 7.67. The molecule has 1 heterocycles. The van der Waals surface area contributed by atoms with E-state index in [-0.39, 0.29) is 5.43 Å². The van der Waals surface area contributed by atoms with E-state index < -0.39 is 0 Å². The number of para-hydroxylation sites is 1. The van der Waals surface area contributed by atoms with Crippen LogP contribution < -0.4 is 5.43 Å². The van der Waals surface area contributed by atoms with Gasteiger partial charge in [0, 0.05) is 22.2 Å². The molecule has 1 aromatic heterocycles. The van der Waals surface area contributed by atoms with Gasteiger partial charge in [0.25, 0.3) is 0 Å². The fourth-order valence-corrected chi connectivity index (χ4v) is 2.11. The van der Waals surface area contributed by atoms with Crippen molar-refractivity contribution in [1.29, 1.82) is 0 Å². The predicted octanol–water partition coefficient (Wildman–Crippen LogP) is 2.49. The van der Waals surface area contributed by atoms with Crippen molar-refractivity contribution in [2.45, 2.75) is 12.8 Å². The molecule has 2 aromatic rings. The first-order chi connectivity index (χ1) is 7.36. The molecule has 0 aliphatic heterocycles. The van der Waals surface area contributed by atoms with Crippen LogP contribution in [0.3, 0.4) is 0 Å². The summed E-state index contributed by atoms with van der Waals surface area (Å²) < 4.78 is 0. The molecular weight excluding hydrogens is 186 g/mol. The van der Waals surface area contributed by atoms with Gasteiger partial charge in [-0.1, -0.05) is 18.2 Å².